The van der Waals surface area contributed by atoms with Gasteiger partial charge in [0.2, 0.25) is 0 Å². The number of hydrogen-bond acceptors (Lipinski definition) is 4. The first-order valence-corrected chi connectivity index (χ1v) is 6.56. The van der Waals surface area contributed by atoms with E-state index in [1.165, 1.54) is 12.1 Å². The summed E-state index contributed by atoms with van der Waals surface area (Å²) in [5.74, 6) is 0. The van der Waals surface area contributed by atoms with Crippen LogP contribution in [0.3, 0.4) is 0 Å². The van der Waals surface area contributed by atoms with Crippen molar-refractivity contribution in [2.75, 3.05) is 30.8 Å². The average molecular weight is 299 g/mol. The Labute approximate surface area is 120 Å². The van der Waals surface area contributed by atoms with Crippen LogP contribution in [0, 0.1) is 11.3 Å². The summed E-state index contributed by atoms with van der Waals surface area (Å²) in [5, 5.41) is 9.00. The summed E-state index contributed by atoms with van der Waals surface area (Å²) in [6.07, 6.45) is -3.24. The van der Waals surface area contributed by atoms with Crippen LogP contribution < -0.4 is 10.6 Å². The van der Waals surface area contributed by atoms with Gasteiger partial charge in [0.25, 0.3) is 0 Å². The van der Waals surface area contributed by atoms with Crippen LogP contribution in [0.25, 0.3) is 0 Å². The third-order valence-electron chi connectivity index (χ3n) is 3.73. The Morgan fingerprint density at radius 3 is 2.43 bits per heavy atom. The summed E-state index contributed by atoms with van der Waals surface area (Å²) in [6, 6.07) is 4.27. The number of alkyl halides is 3. The highest BCUT2D eigenvalue weighted by molar-refractivity contribution is 5.70. The van der Waals surface area contributed by atoms with Crippen LogP contribution in [0.15, 0.2) is 12.1 Å². The number of benzene rings is 1. The molecule has 0 radical (unpaired) electrons. The van der Waals surface area contributed by atoms with Gasteiger partial charge in [0.15, 0.2) is 0 Å². The van der Waals surface area contributed by atoms with E-state index in [0.29, 0.717) is 25.9 Å². The van der Waals surface area contributed by atoms with Crippen LogP contribution in [0.1, 0.15) is 24.0 Å². The van der Waals surface area contributed by atoms with E-state index < -0.39 is 17.3 Å². The van der Waals surface area contributed by atoms with E-state index in [9.17, 15) is 13.2 Å². The van der Waals surface area contributed by atoms with Gasteiger partial charge in [-0.15, -0.1) is 0 Å². The minimum Gasteiger partial charge on any atom is -0.398 e. The summed E-state index contributed by atoms with van der Waals surface area (Å²) in [7, 11) is 1.60. The molecule has 0 spiro atoms. The second kappa shape index (κ2) is 5.82. The maximum absolute atomic E-state index is 13.3. The van der Waals surface area contributed by atoms with Crippen molar-refractivity contribution in [3.8, 4) is 6.07 Å². The minimum absolute atomic E-state index is 0.0165. The quantitative estimate of drug-likeness (QED) is 0.853. The molecule has 0 atom stereocenters. The Morgan fingerprint density at radius 1 is 1.33 bits per heavy atom. The molecule has 2 rings (SSSR count). The zero-order chi connectivity index (χ0) is 15.6. The summed E-state index contributed by atoms with van der Waals surface area (Å²) in [6.45, 7) is 0.909. The van der Waals surface area contributed by atoms with Gasteiger partial charge in [0, 0.05) is 20.2 Å². The van der Waals surface area contributed by atoms with Crippen molar-refractivity contribution in [3.63, 3.8) is 0 Å². The van der Waals surface area contributed by atoms with E-state index in [1.54, 1.807) is 18.1 Å². The number of hydrogen-bond donors (Lipinski definition) is 1. The van der Waals surface area contributed by atoms with Crippen molar-refractivity contribution < 1.29 is 17.9 Å². The molecule has 1 aromatic carbocycles. The highest BCUT2D eigenvalue weighted by atomic mass is 19.4. The van der Waals surface area contributed by atoms with Crippen molar-refractivity contribution in [2.45, 2.75) is 25.1 Å². The SMILES string of the molecule is COC1CCN(c2ccc(N)c(C#N)c2C(F)(F)F)CC1. The van der Waals surface area contributed by atoms with Crippen molar-refractivity contribution in [3.05, 3.63) is 23.3 Å². The van der Waals surface area contributed by atoms with Gasteiger partial charge in [-0.2, -0.15) is 18.4 Å². The van der Waals surface area contributed by atoms with Crippen LogP contribution in [-0.4, -0.2) is 26.3 Å². The Kier molecular flexibility index (Phi) is 4.28. The fraction of sp³-hybridized carbons (Fsp3) is 0.500. The number of methoxy groups -OCH3 is 1. The molecule has 1 fully saturated rings. The van der Waals surface area contributed by atoms with Gasteiger partial charge in [-0.1, -0.05) is 0 Å². The van der Waals surface area contributed by atoms with Gasteiger partial charge in [0.05, 0.1) is 28.6 Å². The van der Waals surface area contributed by atoms with Crippen LogP contribution in [0.5, 0.6) is 0 Å². The van der Waals surface area contributed by atoms with E-state index in [2.05, 4.69) is 0 Å². The van der Waals surface area contributed by atoms with E-state index in [-0.39, 0.29) is 17.5 Å². The number of anilines is 2. The zero-order valence-electron chi connectivity index (χ0n) is 11.6. The van der Waals surface area contributed by atoms with Crippen LogP contribution in [0.4, 0.5) is 24.5 Å². The monoisotopic (exact) mass is 299 g/mol. The molecule has 0 amide bonds. The van der Waals surface area contributed by atoms with Crippen molar-refractivity contribution in [2.24, 2.45) is 0 Å². The molecule has 1 aromatic rings. The van der Waals surface area contributed by atoms with Crippen molar-refractivity contribution in [1.29, 1.82) is 5.26 Å². The molecule has 0 unspecified atom stereocenters. The summed E-state index contributed by atoms with van der Waals surface area (Å²) in [5.41, 5.74) is 3.92. The van der Waals surface area contributed by atoms with E-state index >= 15 is 0 Å². The number of ether oxygens (including phenoxy) is 1. The summed E-state index contributed by atoms with van der Waals surface area (Å²) >= 11 is 0. The van der Waals surface area contributed by atoms with Crippen molar-refractivity contribution >= 4 is 11.4 Å². The van der Waals surface area contributed by atoms with E-state index in [1.807, 2.05) is 0 Å². The number of halogens is 3. The Hall–Kier alpha value is -1.94. The smallest absolute Gasteiger partial charge is 0.398 e. The lowest BCUT2D eigenvalue weighted by molar-refractivity contribution is -0.137. The van der Waals surface area contributed by atoms with Crippen LogP contribution in [-0.2, 0) is 10.9 Å². The molecule has 1 heterocycles. The van der Waals surface area contributed by atoms with E-state index in [0.717, 1.165) is 0 Å². The molecule has 21 heavy (non-hydrogen) atoms. The first kappa shape index (κ1) is 15.4. The third kappa shape index (κ3) is 3.05. The number of nitrogens with zero attached hydrogens (tertiary/aromatic N) is 2. The number of nitriles is 1. The van der Waals surface area contributed by atoms with E-state index in [4.69, 9.17) is 15.7 Å². The second-order valence-corrected chi connectivity index (χ2v) is 4.96. The lowest BCUT2D eigenvalue weighted by Gasteiger charge is -2.34. The van der Waals surface area contributed by atoms with Crippen molar-refractivity contribution in [1.82, 2.24) is 0 Å². The number of nitrogen functional groups attached to an aromatic ring is 1. The molecular weight excluding hydrogens is 283 g/mol. The Bertz CT molecular complexity index is 558. The zero-order valence-corrected chi connectivity index (χ0v) is 11.6. The molecule has 0 aromatic heterocycles. The number of nitrogens with two attached hydrogens (primary N) is 1. The molecular formula is C14H16F3N3O. The van der Waals surface area contributed by atoms with Gasteiger partial charge in [-0.3, -0.25) is 0 Å². The number of piperidine rings is 1. The minimum atomic E-state index is -4.62. The number of rotatable bonds is 2. The van der Waals surface area contributed by atoms with Crippen LogP contribution >= 0.6 is 0 Å². The van der Waals surface area contributed by atoms with Gasteiger partial charge >= 0.3 is 6.18 Å². The molecule has 4 nitrogen and oxygen atoms in total. The topological polar surface area (TPSA) is 62.3 Å². The standard InChI is InChI=1S/C14H16F3N3O/c1-21-9-4-6-20(7-5-9)12-3-2-11(19)10(8-18)13(12)14(15,16)17/h2-3,9H,4-7,19H2,1H3. The first-order valence-electron chi connectivity index (χ1n) is 6.56. The fourth-order valence-corrected chi connectivity index (χ4v) is 2.61. The molecule has 1 aliphatic heterocycles. The average Bonchev–Trinajstić information content (AvgIpc) is 2.46. The highest BCUT2D eigenvalue weighted by Gasteiger charge is 2.39. The predicted octanol–water partition coefficient (Wildman–Crippen LogP) is 2.77. The largest absolute Gasteiger partial charge is 0.419 e. The molecule has 0 bridgehead atoms. The lowest BCUT2D eigenvalue weighted by atomic mass is 10.00. The second-order valence-electron chi connectivity index (χ2n) is 4.96. The normalized spacial score (nSPS) is 16.8. The molecule has 7 heteroatoms. The fourth-order valence-electron chi connectivity index (χ4n) is 2.61. The molecule has 114 valence electrons. The lowest BCUT2D eigenvalue weighted by Crippen LogP contribution is -2.37. The first-order chi connectivity index (χ1) is 9.88. The molecule has 1 saturated heterocycles. The highest BCUT2D eigenvalue weighted by Crippen LogP contribution is 2.41. The maximum atomic E-state index is 13.3. The van der Waals surface area contributed by atoms with Gasteiger partial charge in [-0.25, -0.2) is 0 Å². The third-order valence-corrected chi connectivity index (χ3v) is 3.73. The summed E-state index contributed by atoms with van der Waals surface area (Å²) in [4.78, 5) is 1.64. The van der Waals surface area contributed by atoms with Gasteiger partial charge in [0.1, 0.15) is 6.07 Å². The van der Waals surface area contributed by atoms with Gasteiger partial charge < -0.3 is 15.4 Å². The van der Waals surface area contributed by atoms with Gasteiger partial charge in [-0.05, 0) is 25.0 Å². The maximum Gasteiger partial charge on any atom is 0.419 e. The molecule has 0 aliphatic carbocycles. The predicted molar refractivity (Wildman–Crippen MR) is 72.8 cm³/mol. The summed E-state index contributed by atoms with van der Waals surface area (Å²) < 4.78 is 45.2. The molecule has 0 saturated carbocycles. The molecule has 2 N–H and O–H groups in total. The molecule has 1 aliphatic rings. The Morgan fingerprint density at radius 2 is 1.95 bits per heavy atom. The van der Waals surface area contributed by atoms with Crippen LogP contribution in [0.2, 0.25) is 0 Å². The Balaban J connectivity index is 2.43.